The lowest BCUT2D eigenvalue weighted by atomic mass is 10.1. The smallest absolute Gasteiger partial charge is 0.135 e. The van der Waals surface area contributed by atoms with Gasteiger partial charge in [-0.15, -0.1) is 0 Å². The maximum Gasteiger partial charge on any atom is 0.135 e. The van der Waals surface area contributed by atoms with Gasteiger partial charge >= 0.3 is 0 Å². The lowest BCUT2D eigenvalue weighted by Gasteiger charge is -1.99. The minimum absolute atomic E-state index is 0.334. The van der Waals surface area contributed by atoms with E-state index in [-0.39, 0.29) is 0 Å². The highest BCUT2D eigenvalue weighted by atomic mass is 16.5. The lowest BCUT2D eigenvalue weighted by molar-refractivity contribution is -0.120. The van der Waals surface area contributed by atoms with Gasteiger partial charge in [-0.2, -0.15) is 0 Å². The highest BCUT2D eigenvalue weighted by Gasteiger charge is 1.99. The van der Waals surface area contributed by atoms with Gasteiger partial charge in [0.25, 0.3) is 0 Å². The van der Waals surface area contributed by atoms with Crippen molar-refractivity contribution in [2.24, 2.45) is 0 Å². The fourth-order valence-corrected chi connectivity index (χ4v) is 0.829. The van der Waals surface area contributed by atoms with E-state index in [2.05, 4.69) is 6.92 Å². The van der Waals surface area contributed by atoms with Gasteiger partial charge in [0.1, 0.15) is 5.78 Å². The van der Waals surface area contributed by atoms with Crippen LogP contribution in [0.2, 0.25) is 0 Å². The Bertz CT molecular complexity index is 99.7. The zero-order chi connectivity index (χ0) is 8.53. The van der Waals surface area contributed by atoms with Gasteiger partial charge in [0.2, 0.25) is 0 Å². The van der Waals surface area contributed by atoms with Crippen LogP contribution in [-0.2, 0) is 9.53 Å². The molecule has 0 aromatic rings. The van der Waals surface area contributed by atoms with Crippen molar-refractivity contribution in [3.8, 4) is 0 Å². The zero-order valence-electron chi connectivity index (χ0n) is 7.56. The van der Waals surface area contributed by atoms with E-state index < -0.39 is 0 Å². The van der Waals surface area contributed by atoms with Crippen molar-refractivity contribution in [2.75, 3.05) is 13.2 Å². The molecule has 0 aliphatic heterocycles. The van der Waals surface area contributed by atoms with E-state index in [1.54, 1.807) is 0 Å². The van der Waals surface area contributed by atoms with Gasteiger partial charge in [0, 0.05) is 19.4 Å². The van der Waals surface area contributed by atoms with Gasteiger partial charge in [-0.3, -0.25) is 4.79 Å². The monoisotopic (exact) mass is 158 g/mol. The van der Waals surface area contributed by atoms with Gasteiger partial charge in [0.15, 0.2) is 0 Å². The first kappa shape index (κ1) is 10.6. The Kier molecular flexibility index (Phi) is 7.47. The number of ether oxygens (including phenoxy) is 1. The van der Waals surface area contributed by atoms with Gasteiger partial charge in [-0.1, -0.05) is 13.3 Å². The fraction of sp³-hybridized carbons (Fsp3) is 0.889. The highest BCUT2D eigenvalue weighted by Crippen LogP contribution is 1.98. The summed E-state index contributed by atoms with van der Waals surface area (Å²) in [5, 5.41) is 0. The molecule has 0 rings (SSSR count). The van der Waals surface area contributed by atoms with Gasteiger partial charge < -0.3 is 4.74 Å². The van der Waals surface area contributed by atoms with E-state index in [4.69, 9.17) is 4.74 Å². The van der Waals surface area contributed by atoms with E-state index in [0.29, 0.717) is 25.4 Å². The molecular weight excluding hydrogens is 140 g/mol. The second-order valence-electron chi connectivity index (χ2n) is 2.59. The van der Waals surface area contributed by atoms with Crippen LogP contribution in [-0.4, -0.2) is 19.0 Å². The molecule has 2 nitrogen and oxygen atoms in total. The molecule has 0 spiro atoms. The Hall–Kier alpha value is -0.370. The largest absolute Gasteiger partial charge is 0.381 e. The molecule has 0 aliphatic carbocycles. The van der Waals surface area contributed by atoms with Crippen LogP contribution >= 0.6 is 0 Å². The summed E-state index contributed by atoms with van der Waals surface area (Å²) in [5.41, 5.74) is 0. The Morgan fingerprint density at radius 2 is 2.00 bits per heavy atom. The molecule has 2 heteroatoms. The molecule has 0 radical (unpaired) electrons. The number of ketones is 1. The summed E-state index contributed by atoms with van der Waals surface area (Å²) in [6.45, 7) is 5.34. The van der Waals surface area contributed by atoms with Crippen molar-refractivity contribution in [1.82, 2.24) is 0 Å². The standard InChI is InChI=1S/C9H18O2/c1-3-5-6-9(10)7-8-11-4-2/h3-8H2,1-2H3. The quantitative estimate of drug-likeness (QED) is 0.531. The van der Waals surface area contributed by atoms with E-state index in [1.807, 2.05) is 6.92 Å². The molecule has 0 aliphatic rings. The van der Waals surface area contributed by atoms with Crippen molar-refractivity contribution in [2.45, 2.75) is 39.5 Å². The minimum Gasteiger partial charge on any atom is -0.381 e. The van der Waals surface area contributed by atoms with Crippen LogP contribution in [0.25, 0.3) is 0 Å². The minimum atomic E-state index is 0.334. The first-order valence-electron chi connectivity index (χ1n) is 4.40. The normalized spacial score (nSPS) is 10.0. The molecule has 0 aromatic carbocycles. The van der Waals surface area contributed by atoms with Gasteiger partial charge in [0.05, 0.1) is 6.61 Å². The third-order valence-electron chi connectivity index (χ3n) is 1.54. The first-order chi connectivity index (χ1) is 5.31. The summed E-state index contributed by atoms with van der Waals surface area (Å²) in [7, 11) is 0. The molecular formula is C9H18O2. The van der Waals surface area contributed by atoms with Crippen molar-refractivity contribution >= 4 is 5.78 Å². The molecule has 11 heavy (non-hydrogen) atoms. The van der Waals surface area contributed by atoms with Gasteiger partial charge in [-0.05, 0) is 13.3 Å². The van der Waals surface area contributed by atoms with Crippen LogP contribution in [0.3, 0.4) is 0 Å². The van der Waals surface area contributed by atoms with Crippen LogP contribution in [0, 0.1) is 0 Å². The molecule has 66 valence electrons. The number of rotatable bonds is 7. The van der Waals surface area contributed by atoms with Crippen molar-refractivity contribution in [1.29, 1.82) is 0 Å². The number of unbranched alkanes of at least 4 members (excludes halogenated alkanes) is 1. The predicted molar refractivity (Wildman–Crippen MR) is 45.6 cm³/mol. The molecule has 0 saturated carbocycles. The number of Topliss-reactive ketones (excluding diaryl/α,β-unsaturated/α-hetero) is 1. The number of hydrogen-bond acceptors (Lipinski definition) is 2. The number of hydrogen-bond donors (Lipinski definition) is 0. The van der Waals surface area contributed by atoms with Gasteiger partial charge in [-0.25, -0.2) is 0 Å². The van der Waals surface area contributed by atoms with Crippen molar-refractivity contribution in [3.63, 3.8) is 0 Å². The summed E-state index contributed by atoms with van der Waals surface area (Å²) < 4.78 is 5.06. The summed E-state index contributed by atoms with van der Waals surface area (Å²) in [5.74, 6) is 0.334. The topological polar surface area (TPSA) is 26.3 Å². The van der Waals surface area contributed by atoms with Crippen LogP contribution in [0.15, 0.2) is 0 Å². The molecule has 0 bridgehead atoms. The Labute approximate surface area is 68.9 Å². The molecule has 0 saturated heterocycles. The molecule has 0 atom stereocenters. The lowest BCUT2D eigenvalue weighted by Crippen LogP contribution is -2.03. The van der Waals surface area contributed by atoms with Crippen LogP contribution in [0.1, 0.15) is 39.5 Å². The van der Waals surface area contributed by atoms with Crippen molar-refractivity contribution in [3.05, 3.63) is 0 Å². The van der Waals surface area contributed by atoms with Crippen LogP contribution in [0.5, 0.6) is 0 Å². The average Bonchev–Trinajstić information content (AvgIpc) is 2.01. The molecule has 0 heterocycles. The summed E-state index contributed by atoms with van der Waals surface area (Å²) in [6.07, 6.45) is 3.43. The summed E-state index contributed by atoms with van der Waals surface area (Å²) in [6, 6.07) is 0. The number of carbonyl (C=O) groups excluding carboxylic acids is 1. The van der Waals surface area contributed by atoms with Crippen molar-refractivity contribution < 1.29 is 9.53 Å². The SMILES string of the molecule is CCCCC(=O)CCOCC. The molecule has 0 aromatic heterocycles. The van der Waals surface area contributed by atoms with E-state index in [1.165, 1.54) is 0 Å². The van der Waals surface area contributed by atoms with Crippen LogP contribution in [0.4, 0.5) is 0 Å². The Morgan fingerprint density at radius 1 is 1.27 bits per heavy atom. The maximum atomic E-state index is 11.0. The second kappa shape index (κ2) is 7.73. The summed E-state index contributed by atoms with van der Waals surface area (Å²) in [4.78, 5) is 11.0. The fourth-order valence-electron chi connectivity index (χ4n) is 0.829. The zero-order valence-corrected chi connectivity index (χ0v) is 7.56. The molecule has 0 amide bonds. The highest BCUT2D eigenvalue weighted by molar-refractivity contribution is 5.78. The average molecular weight is 158 g/mol. The summed E-state index contributed by atoms with van der Waals surface area (Å²) >= 11 is 0. The maximum absolute atomic E-state index is 11.0. The Morgan fingerprint density at radius 3 is 2.55 bits per heavy atom. The van der Waals surface area contributed by atoms with E-state index in [9.17, 15) is 4.79 Å². The third-order valence-corrected chi connectivity index (χ3v) is 1.54. The molecule has 0 fully saturated rings. The third kappa shape index (κ3) is 7.53. The van der Waals surface area contributed by atoms with E-state index in [0.717, 1.165) is 19.3 Å². The Balaban J connectivity index is 3.09. The molecule has 0 unspecified atom stereocenters. The second-order valence-corrected chi connectivity index (χ2v) is 2.59. The first-order valence-corrected chi connectivity index (χ1v) is 4.40. The predicted octanol–water partition coefficient (Wildman–Crippen LogP) is 2.17. The van der Waals surface area contributed by atoms with Crippen LogP contribution < -0.4 is 0 Å². The molecule has 0 N–H and O–H groups in total. The number of carbonyl (C=O) groups is 1. The van der Waals surface area contributed by atoms with E-state index >= 15 is 0 Å².